The quantitative estimate of drug-likeness (QED) is 0.576. The number of aryl methyl sites for hydroxylation is 1. The van der Waals surface area contributed by atoms with Crippen LogP contribution in [0.4, 0.5) is 4.39 Å². The van der Waals surface area contributed by atoms with Gasteiger partial charge in [0.1, 0.15) is 5.82 Å². The lowest BCUT2D eigenvalue weighted by molar-refractivity contribution is 0.103. The molecule has 30 heavy (non-hydrogen) atoms. The number of hydrogen-bond acceptors (Lipinski definition) is 4. The van der Waals surface area contributed by atoms with Crippen molar-refractivity contribution in [3.05, 3.63) is 81.9 Å². The number of halogens is 2. The van der Waals surface area contributed by atoms with Crippen LogP contribution in [0.5, 0.6) is 0 Å². The van der Waals surface area contributed by atoms with Crippen molar-refractivity contribution in [1.29, 1.82) is 0 Å². The predicted octanol–water partition coefficient (Wildman–Crippen LogP) is 3.68. The van der Waals surface area contributed by atoms with Crippen LogP contribution in [0.3, 0.4) is 0 Å². The van der Waals surface area contributed by atoms with E-state index in [-0.39, 0.29) is 24.7 Å². The van der Waals surface area contributed by atoms with Gasteiger partial charge in [0.2, 0.25) is 10.0 Å². The van der Waals surface area contributed by atoms with Crippen LogP contribution >= 0.6 is 11.6 Å². The maximum Gasteiger partial charge on any atom is 0.243 e. The molecule has 1 aliphatic heterocycles. The Bertz CT molecular complexity index is 1170. The summed E-state index contributed by atoms with van der Waals surface area (Å²) in [5.41, 5.74) is 3.25. The monoisotopic (exact) mass is 449 g/mol. The summed E-state index contributed by atoms with van der Waals surface area (Å²) in [6.45, 7) is 1.05. The largest absolute Gasteiger partial charge is 0.370 e. The highest BCUT2D eigenvalue weighted by molar-refractivity contribution is 7.89. The number of aromatic nitrogens is 2. The molecular formula is C21H21ClFN3O3S. The number of fused-ring (bicyclic) bond motifs is 1. The second-order valence-corrected chi connectivity index (χ2v) is 9.47. The van der Waals surface area contributed by atoms with E-state index in [1.165, 1.54) is 16.4 Å². The summed E-state index contributed by atoms with van der Waals surface area (Å²) >= 11 is 6.05. The number of benzene rings is 2. The molecule has 4 rings (SSSR count). The molecule has 0 N–H and O–H groups in total. The van der Waals surface area contributed by atoms with Crippen LogP contribution in [-0.4, -0.2) is 29.0 Å². The molecule has 0 aliphatic carbocycles. The molecule has 0 saturated heterocycles. The Hall–Kier alpha value is -2.26. The number of nitrogens with zero attached hydrogens (tertiary/aromatic N) is 3. The average molecular weight is 450 g/mol. The average Bonchev–Trinajstić information content (AvgIpc) is 3.05. The van der Waals surface area contributed by atoms with Crippen molar-refractivity contribution in [2.24, 2.45) is 7.05 Å². The molecule has 0 radical (unpaired) electrons. The van der Waals surface area contributed by atoms with Crippen molar-refractivity contribution >= 4 is 21.6 Å². The van der Waals surface area contributed by atoms with E-state index in [9.17, 15) is 12.8 Å². The van der Waals surface area contributed by atoms with Crippen molar-refractivity contribution in [1.82, 2.24) is 14.1 Å². The van der Waals surface area contributed by atoms with E-state index < -0.39 is 15.8 Å². The third kappa shape index (κ3) is 4.13. The minimum Gasteiger partial charge on any atom is -0.370 e. The van der Waals surface area contributed by atoms with Gasteiger partial charge in [0.05, 0.1) is 23.8 Å². The topological polar surface area (TPSA) is 64.4 Å². The van der Waals surface area contributed by atoms with Crippen LogP contribution in [0.15, 0.2) is 53.4 Å². The zero-order valence-electron chi connectivity index (χ0n) is 16.4. The molecule has 3 aromatic rings. The number of sulfonamides is 1. The van der Waals surface area contributed by atoms with Gasteiger partial charge in [-0.05, 0) is 29.8 Å². The Balaban J connectivity index is 1.50. The second kappa shape index (κ2) is 8.47. The lowest BCUT2D eigenvalue weighted by atomic mass is 10.1. The molecule has 2 heterocycles. The lowest BCUT2D eigenvalue weighted by Gasteiger charge is -2.27. The van der Waals surface area contributed by atoms with Gasteiger partial charge < -0.3 is 4.74 Å². The van der Waals surface area contributed by atoms with E-state index in [4.69, 9.17) is 16.3 Å². The van der Waals surface area contributed by atoms with Gasteiger partial charge in [-0.3, -0.25) is 4.68 Å². The lowest BCUT2D eigenvalue weighted by Crippen LogP contribution is -2.36. The fraction of sp³-hybridized carbons (Fsp3) is 0.286. The first-order valence-corrected chi connectivity index (χ1v) is 11.3. The maximum atomic E-state index is 13.2. The van der Waals surface area contributed by atoms with Gasteiger partial charge in [0, 0.05) is 42.8 Å². The van der Waals surface area contributed by atoms with E-state index >= 15 is 0 Å². The summed E-state index contributed by atoms with van der Waals surface area (Å²) < 4.78 is 48.2. The number of hydrogen-bond donors (Lipinski definition) is 0. The highest BCUT2D eigenvalue weighted by atomic mass is 35.5. The van der Waals surface area contributed by atoms with E-state index in [1.54, 1.807) is 41.1 Å². The first kappa shape index (κ1) is 21.0. The maximum absolute atomic E-state index is 13.2. The fourth-order valence-electron chi connectivity index (χ4n) is 3.60. The Morgan fingerprint density at radius 1 is 1.17 bits per heavy atom. The van der Waals surface area contributed by atoms with Gasteiger partial charge in [-0.2, -0.15) is 9.40 Å². The van der Waals surface area contributed by atoms with Gasteiger partial charge in [-0.1, -0.05) is 35.9 Å². The molecule has 0 unspecified atom stereocenters. The first-order valence-electron chi connectivity index (χ1n) is 9.47. The molecule has 0 spiro atoms. The fourth-order valence-corrected chi connectivity index (χ4v) is 5.26. The standard InChI is InChI=1S/C21H21ClFN3O3S/c1-25-21-9-10-26(30(27,28)17-5-3-2-4-6-17)12-18(21)20(24-25)14-29-13-15-7-8-16(23)11-19(15)22/h2-8,11H,9-10,12-14H2,1H3. The van der Waals surface area contributed by atoms with Crippen molar-refractivity contribution < 1.29 is 17.5 Å². The van der Waals surface area contributed by atoms with E-state index in [0.717, 1.165) is 11.3 Å². The predicted molar refractivity (Wildman–Crippen MR) is 111 cm³/mol. The second-order valence-electron chi connectivity index (χ2n) is 7.13. The molecule has 0 atom stereocenters. The smallest absolute Gasteiger partial charge is 0.243 e. The minimum atomic E-state index is -3.58. The first-order chi connectivity index (χ1) is 14.4. The Morgan fingerprint density at radius 3 is 2.67 bits per heavy atom. The molecule has 0 bridgehead atoms. The molecule has 9 heteroatoms. The van der Waals surface area contributed by atoms with Crippen LogP contribution in [0.2, 0.25) is 5.02 Å². The highest BCUT2D eigenvalue weighted by Crippen LogP contribution is 2.27. The summed E-state index contributed by atoms with van der Waals surface area (Å²) in [5.74, 6) is -0.401. The number of rotatable bonds is 6. The van der Waals surface area contributed by atoms with Crippen LogP contribution in [-0.2, 0) is 48.0 Å². The van der Waals surface area contributed by atoms with Gasteiger partial charge in [-0.25, -0.2) is 12.8 Å². The highest BCUT2D eigenvalue weighted by Gasteiger charge is 2.31. The van der Waals surface area contributed by atoms with Crippen molar-refractivity contribution in [2.45, 2.75) is 31.1 Å². The van der Waals surface area contributed by atoms with E-state index in [2.05, 4.69) is 5.10 Å². The summed E-state index contributed by atoms with van der Waals surface area (Å²) in [4.78, 5) is 0.279. The normalized spacial score (nSPS) is 14.6. The molecule has 158 valence electrons. The Labute approximate surface area is 179 Å². The number of ether oxygens (including phenoxy) is 1. The van der Waals surface area contributed by atoms with E-state index in [0.29, 0.717) is 29.2 Å². The van der Waals surface area contributed by atoms with Gasteiger partial charge >= 0.3 is 0 Å². The zero-order valence-corrected chi connectivity index (χ0v) is 18.0. The van der Waals surface area contributed by atoms with Crippen molar-refractivity contribution in [3.63, 3.8) is 0 Å². The Morgan fingerprint density at radius 2 is 1.93 bits per heavy atom. The molecule has 1 aromatic heterocycles. The van der Waals surface area contributed by atoms with Crippen molar-refractivity contribution in [3.8, 4) is 0 Å². The van der Waals surface area contributed by atoms with Crippen LogP contribution in [0.25, 0.3) is 0 Å². The van der Waals surface area contributed by atoms with E-state index in [1.807, 2.05) is 7.05 Å². The van der Waals surface area contributed by atoms with Crippen molar-refractivity contribution in [2.75, 3.05) is 6.54 Å². The molecule has 1 aliphatic rings. The van der Waals surface area contributed by atoms with Gasteiger partial charge in [-0.15, -0.1) is 0 Å². The molecule has 0 saturated carbocycles. The molecular weight excluding hydrogens is 429 g/mol. The van der Waals surface area contributed by atoms with Crippen LogP contribution < -0.4 is 0 Å². The molecule has 0 amide bonds. The van der Waals surface area contributed by atoms with Crippen LogP contribution in [0.1, 0.15) is 22.5 Å². The molecule has 0 fully saturated rings. The summed E-state index contributed by atoms with van der Waals surface area (Å²) in [6, 6.07) is 12.6. The Kier molecular flexibility index (Phi) is 5.92. The third-order valence-corrected chi connectivity index (χ3v) is 7.39. The summed E-state index contributed by atoms with van der Waals surface area (Å²) in [5, 5.41) is 4.83. The summed E-state index contributed by atoms with van der Waals surface area (Å²) in [6.07, 6.45) is 0.578. The molecule has 2 aromatic carbocycles. The van der Waals surface area contributed by atoms with Gasteiger partial charge in [0.25, 0.3) is 0 Å². The van der Waals surface area contributed by atoms with Gasteiger partial charge in [0.15, 0.2) is 0 Å². The zero-order chi connectivity index (χ0) is 21.3. The molecule has 6 nitrogen and oxygen atoms in total. The summed E-state index contributed by atoms with van der Waals surface area (Å²) in [7, 11) is -1.74. The minimum absolute atomic E-state index is 0.204. The SMILES string of the molecule is Cn1nc(COCc2ccc(F)cc2Cl)c2c1CCN(S(=O)(=O)c1ccccc1)C2. The third-order valence-electron chi connectivity index (χ3n) is 5.18. The van der Waals surface area contributed by atoms with Crippen LogP contribution in [0, 0.1) is 5.82 Å².